The van der Waals surface area contributed by atoms with Crippen LogP contribution in [0.3, 0.4) is 0 Å². The number of alkyl halides is 3. The number of halogens is 4. The molecule has 10 heteroatoms. The van der Waals surface area contributed by atoms with Crippen LogP contribution < -0.4 is 11.1 Å². The molecule has 0 aromatic heterocycles. The van der Waals surface area contributed by atoms with Gasteiger partial charge in [0.2, 0.25) is 5.91 Å². The Morgan fingerprint density at radius 2 is 1.67 bits per heavy atom. The van der Waals surface area contributed by atoms with Gasteiger partial charge in [-0.05, 0) is 66.1 Å². The highest BCUT2D eigenvalue weighted by atomic mass is 19.4. The van der Waals surface area contributed by atoms with Crippen molar-refractivity contribution in [1.29, 1.82) is 0 Å². The molecule has 1 aliphatic rings. The number of amides is 3. The number of carbonyl (C=O) groups is 3. The standard InChI is InChI=1S/C26H29F4N3O3/c1-14-19(10-16(22(31)34)11-21(14)27)18-8-5-15(23(35)32-12-25(2,3)4)9-20(18)24(36)33(17-6-7-17)13-26(28,29)30/h5,8-11,17H,6-7,12-13H2,1-4H3,(H2,31,34)(H,32,35). The summed E-state index contributed by atoms with van der Waals surface area (Å²) in [5.41, 5.74) is 5.10. The van der Waals surface area contributed by atoms with Crippen LogP contribution in [0.4, 0.5) is 17.6 Å². The van der Waals surface area contributed by atoms with Gasteiger partial charge in [-0.1, -0.05) is 26.8 Å². The summed E-state index contributed by atoms with van der Waals surface area (Å²) in [6, 6.07) is 5.67. The summed E-state index contributed by atoms with van der Waals surface area (Å²) in [4.78, 5) is 38.8. The van der Waals surface area contributed by atoms with Crippen LogP contribution >= 0.6 is 0 Å². The minimum atomic E-state index is -4.63. The third kappa shape index (κ3) is 6.61. The number of hydrogen-bond acceptors (Lipinski definition) is 3. The second-order valence-corrected chi connectivity index (χ2v) is 10.3. The lowest BCUT2D eigenvalue weighted by atomic mass is 9.91. The van der Waals surface area contributed by atoms with Crippen LogP contribution in [-0.2, 0) is 0 Å². The number of nitrogens with zero attached hydrogens (tertiary/aromatic N) is 1. The summed E-state index contributed by atoms with van der Waals surface area (Å²) in [5, 5.41) is 2.75. The second-order valence-electron chi connectivity index (χ2n) is 10.3. The molecule has 0 atom stereocenters. The highest BCUT2D eigenvalue weighted by Gasteiger charge is 2.41. The van der Waals surface area contributed by atoms with E-state index in [-0.39, 0.29) is 38.8 Å². The van der Waals surface area contributed by atoms with E-state index in [1.54, 1.807) is 0 Å². The maximum Gasteiger partial charge on any atom is 0.406 e. The topological polar surface area (TPSA) is 92.5 Å². The molecular weight excluding hydrogens is 478 g/mol. The molecule has 0 aliphatic heterocycles. The third-order valence-electron chi connectivity index (χ3n) is 5.81. The van der Waals surface area contributed by atoms with E-state index in [1.807, 2.05) is 20.8 Å². The smallest absolute Gasteiger partial charge is 0.366 e. The summed E-state index contributed by atoms with van der Waals surface area (Å²) >= 11 is 0. The largest absolute Gasteiger partial charge is 0.406 e. The quantitative estimate of drug-likeness (QED) is 0.525. The molecule has 0 bridgehead atoms. The summed E-state index contributed by atoms with van der Waals surface area (Å²) < 4.78 is 54.6. The molecular formula is C26H29F4N3O3. The van der Waals surface area contributed by atoms with E-state index in [2.05, 4.69) is 5.32 Å². The van der Waals surface area contributed by atoms with E-state index in [1.165, 1.54) is 31.2 Å². The first-order valence-electron chi connectivity index (χ1n) is 11.5. The lowest BCUT2D eigenvalue weighted by molar-refractivity contribution is -0.141. The average Bonchev–Trinajstić information content (AvgIpc) is 3.61. The summed E-state index contributed by atoms with van der Waals surface area (Å²) in [7, 11) is 0. The van der Waals surface area contributed by atoms with Gasteiger partial charge in [-0.25, -0.2) is 4.39 Å². The number of benzene rings is 2. The first-order chi connectivity index (χ1) is 16.6. The highest BCUT2D eigenvalue weighted by molar-refractivity contribution is 6.05. The molecule has 0 radical (unpaired) electrons. The van der Waals surface area contributed by atoms with Gasteiger partial charge < -0.3 is 16.0 Å². The fourth-order valence-electron chi connectivity index (χ4n) is 3.75. The van der Waals surface area contributed by atoms with Crippen LogP contribution in [0.15, 0.2) is 30.3 Å². The maximum atomic E-state index is 14.6. The fourth-order valence-corrected chi connectivity index (χ4v) is 3.75. The molecule has 1 aliphatic carbocycles. The van der Waals surface area contributed by atoms with Crippen molar-refractivity contribution < 1.29 is 31.9 Å². The summed E-state index contributed by atoms with van der Waals surface area (Å²) in [5.74, 6) is -3.10. The van der Waals surface area contributed by atoms with E-state index in [4.69, 9.17) is 5.73 Å². The minimum Gasteiger partial charge on any atom is -0.366 e. The van der Waals surface area contributed by atoms with Gasteiger partial charge in [0.1, 0.15) is 12.4 Å². The maximum absolute atomic E-state index is 14.6. The van der Waals surface area contributed by atoms with Crippen LogP contribution in [-0.4, -0.2) is 47.9 Å². The molecule has 6 nitrogen and oxygen atoms in total. The molecule has 3 N–H and O–H groups in total. The van der Waals surface area contributed by atoms with Crippen molar-refractivity contribution in [3.63, 3.8) is 0 Å². The van der Waals surface area contributed by atoms with Crippen molar-refractivity contribution in [1.82, 2.24) is 10.2 Å². The number of nitrogens with one attached hydrogen (secondary N) is 1. The number of primary amides is 1. The predicted octanol–water partition coefficient (Wildman–Crippen LogP) is 4.84. The van der Waals surface area contributed by atoms with E-state index in [0.717, 1.165) is 11.0 Å². The van der Waals surface area contributed by atoms with Crippen molar-refractivity contribution in [2.45, 2.75) is 52.8 Å². The first-order valence-corrected chi connectivity index (χ1v) is 11.5. The zero-order valence-electron chi connectivity index (χ0n) is 20.6. The summed E-state index contributed by atoms with van der Waals surface area (Å²) in [6.07, 6.45) is -3.78. The van der Waals surface area contributed by atoms with Gasteiger partial charge in [0, 0.05) is 29.3 Å². The van der Waals surface area contributed by atoms with E-state index >= 15 is 0 Å². The average molecular weight is 508 g/mol. The van der Waals surface area contributed by atoms with Gasteiger partial charge in [-0.3, -0.25) is 14.4 Å². The number of rotatable bonds is 7. The van der Waals surface area contributed by atoms with Crippen LogP contribution in [0, 0.1) is 18.2 Å². The minimum absolute atomic E-state index is 0.0679. The Balaban J connectivity index is 2.16. The molecule has 0 spiro atoms. The monoisotopic (exact) mass is 507 g/mol. The van der Waals surface area contributed by atoms with Crippen LogP contribution in [0.2, 0.25) is 0 Å². The van der Waals surface area contributed by atoms with Crippen molar-refractivity contribution in [3.05, 3.63) is 58.4 Å². The second kappa shape index (κ2) is 9.91. The molecule has 3 rings (SSSR count). The van der Waals surface area contributed by atoms with Gasteiger partial charge >= 0.3 is 6.18 Å². The molecule has 194 valence electrons. The lowest BCUT2D eigenvalue weighted by Gasteiger charge is -2.26. The normalized spacial score (nSPS) is 13.9. The van der Waals surface area contributed by atoms with Crippen molar-refractivity contribution in [2.75, 3.05) is 13.1 Å². The lowest BCUT2D eigenvalue weighted by Crippen LogP contribution is -2.41. The van der Waals surface area contributed by atoms with Crippen molar-refractivity contribution in [2.24, 2.45) is 11.1 Å². The van der Waals surface area contributed by atoms with Crippen LogP contribution in [0.1, 0.15) is 70.3 Å². The molecule has 0 unspecified atom stereocenters. The zero-order chi connectivity index (χ0) is 27.0. The Hall–Kier alpha value is -3.43. The van der Waals surface area contributed by atoms with Crippen LogP contribution in [0.25, 0.3) is 11.1 Å². The first kappa shape index (κ1) is 27.2. The Kier molecular flexibility index (Phi) is 7.48. The van der Waals surface area contributed by atoms with E-state index < -0.39 is 42.3 Å². The molecule has 1 saturated carbocycles. The van der Waals surface area contributed by atoms with Crippen LogP contribution in [0.5, 0.6) is 0 Å². The Labute approximate surface area is 206 Å². The summed E-state index contributed by atoms with van der Waals surface area (Å²) in [6.45, 7) is 6.04. The molecule has 0 heterocycles. The van der Waals surface area contributed by atoms with Gasteiger partial charge in [-0.2, -0.15) is 13.2 Å². The molecule has 0 saturated heterocycles. The van der Waals surface area contributed by atoms with Crippen molar-refractivity contribution >= 4 is 17.7 Å². The molecule has 3 amide bonds. The van der Waals surface area contributed by atoms with E-state index in [9.17, 15) is 31.9 Å². The third-order valence-corrected chi connectivity index (χ3v) is 5.81. The van der Waals surface area contributed by atoms with Gasteiger partial charge in [-0.15, -0.1) is 0 Å². The molecule has 2 aromatic rings. The number of hydrogen-bond donors (Lipinski definition) is 2. The highest BCUT2D eigenvalue weighted by Crippen LogP contribution is 2.35. The molecule has 1 fully saturated rings. The van der Waals surface area contributed by atoms with Gasteiger partial charge in [0.25, 0.3) is 11.8 Å². The Morgan fingerprint density at radius 1 is 1.03 bits per heavy atom. The SMILES string of the molecule is Cc1c(F)cc(C(N)=O)cc1-c1ccc(C(=O)NCC(C)(C)C)cc1C(=O)N(CC(F)(F)F)C1CC1. The molecule has 2 aromatic carbocycles. The Bertz CT molecular complexity index is 1200. The van der Waals surface area contributed by atoms with Gasteiger partial charge in [0.15, 0.2) is 0 Å². The van der Waals surface area contributed by atoms with Crippen molar-refractivity contribution in [3.8, 4) is 11.1 Å². The number of carbonyl (C=O) groups excluding carboxylic acids is 3. The zero-order valence-corrected chi connectivity index (χ0v) is 20.6. The van der Waals surface area contributed by atoms with E-state index in [0.29, 0.717) is 19.4 Å². The Morgan fingerprint density at radius 3 is 2.19 bits per heavy atom. The molecule has 36 heavy (non-hydrogen) atoms. The fraction of sp³-hybridized carbons (Fsp3) is 0.423. The van der Waals surface area contributed by atoms with Gasteiger partial charge in [0.05, 0.1) is 0 Å². The predicted molar refractivity (Wildman–Crippen MR) is 127 cm³/mol. The number of nitrogens with two attached hydrogens (primary N) is 1.